The third kappa shape index (κ3) is 7.70. The second-order valence-corrected chi connectivity index (χ2v) is 5.28. The largest absolute Gasteiger partial charge is 0.467 e. The number of amides is 1. The number of carbonyl (C=O) groups is 2. The summed E-state index contributed by atoms with van der Waals surface area (Å²) in [6, 6.07) is -0.827. The van der Waals surface area contributed by atoms with Crippen LogP contribution in [0.1, 0.15) is 34.6 Å². The van der Waals surface area contributed by atoms with E-state index in [2.05, 4.69) is 10.1 Å². The zero-order chi connectivity index (χ0) is 14.3. The van der Waals surface area contributed by atoms with Gasteiger partial charge in [-0.3, -0.25) is 0 Å². The number of methoxy groups -OCH3 is 1. The molecule has 1 unspecified atom stereocenters. The Balaban J connectivity index is 4.60. The van der Waals surface area contributed by atoms with Crippen molar-refractivity contribution in [3.05, 3.63) is 12.2 Å². The number of alkyl carbamates (subject to hydrolysis) is 1. The van der Waals surface area contributed by atoms with E-state index in [0.29, 0.717) is 0 Å². The maximum Gasteiger partial charge on any atom is 0.408 e. The minimum Gasteiger partial charge on any atom is -0.467 e. The smallest absolute Gasteiger partial charge is 0.408 e. The van der Waals surface area contributed by atoms with Crippen molar-refractivity contribution in [2.45, 2.75) is 46.3 Å². The van der Waals surface area contributed by atoms with Crippen molar-refractivity contribution in [3.8, 4) is 0 Å². The van der Waals surface area contributed by atoms with E-state index in [4.69, 9.17) is 4.74 Å². The molecule has 0 fully saturated rings. The fourth-order valence-electron chi connectivity index (χ4n) is 1.08. The Morgan fingerprint density at radius 2 is 1.72 bits per heavy atom. The Labute approximate surface area is 109 Å². The minimum atomic E-state index is -0.827. The van der Waals surface area contributed by atoms with Crippen molar-refractivity contribution in [3.63, 3.8) is 0 Å². The molecular weight excluding hydrogens is 234 g/mol. The molecule has 0 saturated carbocycles. The van der Waals surface area contributed by atoms with Gasteiger partial charge in [0.2, 0.25) is 0 Å². The molecule has 5 heteroatoms. The van der Waals surface area contributed by atoms with E-state index >= 15 is 0 Å². The molecular formula is C13H23NO4. The van der Waals surface area contributed by atoms with Crippen LogP contribution in [0, 0.1) is 5.92 Å². The summed E-state index contributed by atoms with van der Waals surface area (Å²) in [4.78, 5) is 23.0. The maximum absolute atomic E-state index is 11.6. The first-order chi connectivity index (χ1) is 8.15. The average molecular weight is 257 g/mol. The molecule has 0 rings (SSSR count). The molecule has 0 aromatic rings. The van der Waals surface area contributed by atoms with Crippen molar-refractivity contribution >= 4 is 12.1 Å². The lowest BCUT2D eigenvalue weighted by molar-refractivity contribution is -0.141. The summed E-state index contributed by atoms with van der Waals surface area (Å²) in [7, 11) is 1.27. The molecule has 18 heavy (non-hydrogen) atoms. The highest BCUT2D eigenvalue weighted by molar-refractivity contribution is 5.83. The van der Waals surface area contributed by atoms with Gasteiger partial charge in [-0.05, 0) is 26.7 Å². The molecule has 1 amide bonds. The molecule has 0 aromatic heterocycles. The van der Waals surface area contributed by atoms with E-state index in [0.717, 1.165) is 0 Å². The monoisotopic (exact) mass is 257 g/mol. The molecule has 0 spiro atoms. The van der Waals surface area contributed by atoms with Crippen molar-refractivity contribution < 1.29 is 19.1 Å². The van der Waals surface area contributed by atoms with Crippen molar-refractivity contribution in [2.75, 3.05) is 7.11 Å². The highest BCUT2D eigenvalue weighted by atomic mass is 16.6. The number of carbonyl (C=O) groups excluding carboxylic acids is 2. The molecule has 0 bridgehead atoms. The van der Waals surface area contributed by atoms with Crippen LogP contribution in [0.5, 0.6) is 0 Å². The third-order valence-electron chi connectivity index (χ3n) is 1.82. The van der Waals surface area contributed by atoms with Crippen LogP contribution in [-0.4, -0.2) is 30.8 Å². The fraction of sp³-hybridized carbons (Fsp3) is 0.692. The second kappa shape index (κ2) is 7.03. The van der Waals surface area contributed by atoms with Gasteiger partial charge in [0.25, 0.3) is 0 Å². The molecule has 0 aliphatic rings. The minimum absolute atomic E-state index is 0.276. The zero-order valence-corrected chi connectivity index (χ0v) is 11.9. The van der Waals surface area contributed by atoms with E-state index in [9.17, 15) is 9.59 Å². The van der Waals surface area contributed by atoms with Gasteiger partial charge < -0.3 is 14.8 Å². The predicted molar refractivity (Wildman–Crippen MR) is 69.2 cm³/mol. The number of nitrogens with one attached hydrogen (secondary N) is 1. The predicted octanol–water partition coefficient (Wildman–Crippen LogP) is 2.26. The van der Waals surface area contributed by atoms with Crippen molar-refractivity contribution in [1.29, 1.82) is 0 Å². The summed E-state index contributed by atoms with van der Waals surface area (Å²) in [6.07, 6.45) is 2.77. The normalized spacial score (nSPS) is 13.5. The van der Waals surface area contributed by atoms with Gasteiger partial charge in [0.15, 0.2) is 0 Å². The zero-order valence-electron chi connectivity index (χ0n) is 11.9. The van der Waals surface area contributed by atoms with Gasteiger partial charge in [0.05, 0.1) is 7.11 Å². The summed E-state index contributed by atoms with van der Waals surface area (Å²) < 4.78 is 9.69. The van der Waals surface area contributed by atoms with Crippen LogP contribution >= 0.6 is 0 Å². The second-order valence-electron chi connectivity index (χ2n) is 5.28. The van der Waals surface area contributed by atoms with Crippen LogP contribution in [0.15, 0.2) is 12.2 Å². The standard InChI is InChI=1S/C13H23NO4/c1-9(2)7-8-10(11(15)17-6)14-12(16)18-13(3,4)5/h7-10H,1-6H3,(H,14,16)/b8-7+. The van der Waals surface area contributed by atoms with Gasteiger partial charge in [-0.2, -0.15) is 0 Å². The van der Waals surface area contributed by atoms with Crippen LogP contribution in [0.3, 0.4) is 0 Å². The number of hydrogen-bond donors (Lipinski definition) is 1. The molecule has 0 saturated heterocycles. The first-order valence-corrected chi connectivity index (χ1v) is 5.91. The topological polar surface area (TPSA) is 64.6 Å². The Bertz CT molecular complexity index is 315. The van der Waals surface area contributed by atoms with Crippen LogP contribution in [-0.2, 0) is 14.3 Å². The maximum atomic E-state index is 11.6. The average Bonchev–Trinajstić information content (AvgIpc) is 2.20. The summed E-state index contributed by atoms with van der Waals surface area (Å²) in [5.41, 5.74) is -0.605. The summed E-state index contributed by atoms with van der Waals surface area (Å²) >= 11 is 0. The highest BCUT2D eigenvalue weighted by Gasteiger charge is 2.22. The third-order valence-corrected chi connectivity index (χ3v) is 1.82. The lowest BCUT2D eigenvalue weighted by Gasteiger charge is -2.21. The molecule has 0 aromatic carbocycles. The molecule has 0 aliphatic heterocycles. The first kappa shape index (κ1) is 16.5. The Morgan fingerprint density at radius 1 is 1.17 bits per heavy atom. The summed E-state index contributed by atoms with van der Waals surface area (Å²) in [6.45, 7) is 9.20. The van der Waals surface area contributed by atoms with Gasteiger partial charge >= 0.3 is 12.1 Å². The van der Waals surface area contributed by atoms with E-state index < -0.39 is 23.7 Å². The molecule has 5 nitrogen and oxygen atoms in total. The highest BCUT2D eigenvalue weighted by Crippen LogP contribution is 2.07. The molecule has 1 atom stereocenters. The van der Waals surface area contributed by atoms with Crippen LogP contribution in [0.2, 0.25) is 0 Å². The molecule has 0 aliphatic carbocycles. The van der Waals surface area contributed by atoms with Crippen molar-refractivity contribution in [1.82, 2.24) is 5.32 Å². The van der Waals surface area contributed by atoms with Gasteiger partial charge in [0.1, 0.15) is 11.6 Å². The van der Waals surface area contributed by atoms with Gasteiger partial charge in [-0.1, -0.05) is 26.0 Å². The molecule has 0 heterocycles. The number of hydrogen-bond acceptors (Lipinski definition) is 4. The molecule has 104 valence electrons. The van der Waals surface area contributed by atoms with Crippen molar-refractivity contribution in [2.24, 2.45) is 5.92 Å². The van der Waals surface area contributed by atoms with Crippen LogP contribution < -0.4 is 5.32 Å². The lowest BCUT2D eigenvalue weighted by Crippen LogP contribution is -2.42. The van der Waals surface area contributed by atoms with Crippen LogP contribution in [0.25, 0.3) is 0 Å². The fourth-order valence-corrected chi connectivity index (χ4v) is 1.08. The van der Waals surface area contributed by atoms with Crippen LogP contribution in [0.4, 0.5) is 4.79 Å². The Morgan fingerprint density at radius 3 is 2.11 bits per heavy atom. The SMILES string of the molecule is COC(=O)C(/C=C/C(C)C)NC(=O)OC(C)(C)C. The summed E-state index contributed by atoms with van der Waals surface area (Å²) in [5.74, 6) is -0.254. The molecule has 0 radical (unpaired) electrons. The molecule has 1 N–H and O–H groups in total. The van der Waals surface area contributed by atoms with Gasteiger partial charge in [-0.25, -0.2) is 9.59 Å². The van der Waals surface area contributed by atoms with E-state index in [1.54, 1.807) is 26.8 Å². The lowest BCUT2D eigenvalue weighted by atomic mass is 10.1. The van der Waals surface area contributed by atoms with Gasteiger partial charge in [-0.15, -0.1) is 0 Å². The number of ether oxygens (including phenoxy) is 2. The van der Waals surface area contributed by atoms with E-state index in [1.807, 2.05) is 19.9 Å². The summed E-state index contributed by atoms with van der Waals surface area (Å²) in [5, 5.41) is 2.46. The number of esters is 1. The Hall–Kier alpha value is -1.52. The van der Waals surface area contributed by atoms with Gasteiger partial charge in [0, 0.05) is 0 Å². The first-order valence-electron chi connectivity index (χ1n) is 5.91. The number of allylic oxidation sites excluding steroid dienone is 1. The van der Waals surface area contributed by atoms with E-state index in [-0.39, 0.29) is 5.92 Å². The quantitative estimate of drug-likeness (QED) is 0.620. The van der Waals surface area contributed by atoms with E-state index in [1.165, 1.54) is 7.11 Å². The Kier molecular flexibility index (Phi) is 6.44. The number of rotatable bonds is 4.